The average Bonchev–Trinajstić information content (AvgIpc) is 3.10. The van der Waals surface area contributed by atoms with Crippen LogP contribution in [0.15, 0.2) is 31.1 Å². The van der Waals surface area contributed by atoms with Crippen LogP contribution in [0.3, 0.4) is 0 Å². The third kappa shape index (κ3) is 3.20. The Balaban J connectivity index is 1.57. The number of rotatable bonds is 5. The van der Waals surface area contributed by atoms with Crippen molar-refractivity contribution in [2.45, 2.75) is 38.4 Å². The van der Waals surface area contributed by atoms with E-state index in [0.717, 1.165) is 19.6 Å². The molecular weight excluding hydrogens is 240 g/mol. The van der Waals surface area contributed by atoms with Crippen LogP contribution in [0.25, 0.3) is 0 Å². The van der Waals surface area contributed by atoms with Crippen molar-refractivity contribution in [3.05, 3.63) is 31.1 Å². The maximum Gasteiger partial charge on any atom is 0.137 e. The highest BCUT2D eigenvalue weighted by molar-refractivity contribution is 4.82. The Morgan fingerprint density at radius 1 is 1.11 bits per heavy atom. The first-order chi connectivity index (χ1) is 9.42. The van der Waals surface area contributed by atoms with Gasteiger partial charge < -0.3 is 0 Å². The molecule has 102 valence electrons. The fourth-order valence-electron chi connectivity index (χ4n) is 2.76. The molecule has 6 nitrogen and oxygen atoms in total. The summed E-state index contributed by atoms with van der Waals surface area (Å²) in [6.07, 6.45) is 11.2. The first-order valence-electron chi connectivity index (χ1n) is 6.96. The second-order valence-corrected chi connectivity index (χ2v) is 5.07. The highest BCUT2D eigenvalue weighted by Crippen LogP contribution is 2.18. The lowest BCUT2D eigenvalue weighted by molar-refractivity contribution is 0.123. The van der Waals surface area contributed by atoms with Crippen molar-refractivity contribution >= 4 is 0 Å². The molecule has 0 unspecified atom stereocenters. The van der Waals surface area contributed by atoms with Crippen LogP contribution in [-0.4, -0.2) is 48.6 Å². The first-order valence-corrected chi connectivity index (χ1v) is 6.96. The molecule has 0 aliphatic carbocycles. The number of nitrogens with zero attached hydrogens (tertiary/aromatic N) is 6. The maximum atomic E-state index is 4.32. The van der Waals surface area contributed by atoms with Crippen LogP contribution in [0.2, 0.25) is 0 Å². The van der Waals surface area contributed by atoms with Crippen molar-refractivity contribution in [2.75, 3.05) is 13.1 Å². The summed E-state index contributed by atoms with van der Waals surface area (Å²) in [6, 6.07) is 2.58. The molecule has 19 heavy (non-hydrogen) atoms. The smallest absolute Gasteiger partial charge is 0.137 e. The van der Waals surface area contributed by atoms with Gasteiger partial charge in [-0.05, 0) is 25.5 Å². The minimum Gasteiger partial charge on any atom is -0.297 e. The predicted molar refractivity (Wildman–Crippen MR) is 71.5 cm³/mol. The van der Waals surface area contributed by atoms with Crippen LogP contribution >= 0.6 is 0 Å². The van der Waals surface area contributed by atoms with E-state index < -0.39 is 0 Å². The molecule has 2 aromatic heterocycles. The third-order valence-corrected chi connectivity index (χ3v) is 3.79. The molecule has 1 aliphatic heterocycles. The topological polar surface area (TPSA) is 51.8 Å². The molecule has 3 rings (SSSR count). The molecule has 3 heterocycles. The van der Waals surface area contributed by atoms with E-state index >= 15 is 0 Å². The molecule has 2 aromatic rings. The molecule has 0 aromatic carbocycles. The van der Waals surface area contributed by atoms with Gasteiger partial charge in [-0.2, -0.15) is 10.2 Å². The van der Waals surface area contributed by atoms with Crippen molar-refractivity contribution in [1.82, 2.24) is 29.4 Å². The lowest BCUT2D eigenvalue weighted by atomic mass is 10.0. The summed E-state index contributed by atoms with van der Waals surface area (Å²) >= 11 is 0. The molecule has 1 aliphatic rings. The maximum absolute atomic E-state index is 4.32. The molecule has 1 atom stereocenters. The van der Waals surface area contributed by atoms with E-state index in [0.29, 0.717) is 6.04 Å². The van der Waals surface area contributed by atoms with Gasteiger partial charge in [-0.15, -0.1) is 0 Å². The summed E-state index contributed by atoms with van der Waals surface area (Å²) in [6.45, 7) is 4.12. The Kier molecular flexibility index (Phi) is 3.88. The van der Waals surface area contributed by atoms with Crippen LogP contribution in [0.1, 0.15) is 19.3 Å². The minimum atomic E-state index is 0.595. The van der Waals surface area contributed by atoms with Crippen molar-refractivity contribution in [3.8, 4) is 0 Å². The summed E-state index contributed by atoms with van der Waals surface area (Å²) in [5.74, 6) is 0. The summed E-state index contributed by atoms with van der Waals surface area (Å²) in [5, 5.41) is 8.48. The monoisotopic (exact) mass is 260 g/mol. The van der Waals surface area contributed by atoms with E-state index in [2.05, 4.69) is 20.1 Å². The van der Waals surface area contributed by atoms with E-state index in [-0.39, 0.29) is 0 Å². The van der Waals surface area contributed by atoms with Gasteiger partial charge in [0.25, 0.3) is 0 Å². The van der Waals surface area contributed by atoms with Crippen LogP contribution in [0, 0.1) is 0 Å². The zero-order chi connectivity index (χ0) is 12.9. The van der Waals surface area contributed by atoms with Crippen molar-refractivity contribution in [3.63, 3.8) is 0 Å². The van der Waals surface area contributed by atoms with Gasteiger partial charge >= 0.3 is 0 Å². The zero-order valence-corrected chi connectivity index (χ0v) is 11.1. The van der Waals surface area contributed by atoms with Gasteiger partial charge in [-0.25, -0.2) is 4.98 Å². The second kappa shape index (κ2) is 5.97. The second-order valence-electron chi connectivity index (χ2n) is 5.07. The molecule has 0 N–H and O–H groups in total. The lowest BCUT2D eigenvalue weighted by Gasteiger charge is -2.35. The largest absolute Gasteiger partial charge is 0.297 e. The fourth-order valence-corrected chi connectivity index (χ4v) is 2.76. The summed E-state index contributed by atoms with van der Waals surface area (Å²) in [7, 11) is 0. The van der Waals surface area contributed by atoms with Gasteiger partial charge in [0.05, 0.1) is 13.1 Å². The van der Waals surface area contributed by atoms with Gasteiger partial charge in [-0.3, -0.25) is 14.3 Å². The Hall–Kier alpha value is -1.69. The number of hydrogen-bond donors (Lipinski definition) is 0. The van der Waals surface area contributed by atoms with E-state index in [1.165, 1.54) is 25.8 Å². The normalized spacial score (nSPS) is 20.7. The van der Waals surface area contributed by atoms with Crippen LogP contribution < -0.4 is 0 Å². The number of likely N-dealkylation sites (tertiary alicyclic amines) is 1. The minimum absolute atomic E-state index is 0.595. The Morgan fingerprint density at radius 3 is 2.89 bits per heavy atom. The Labute approximate surface area is 113 Å². The SMILES string of the molecule is c1cnn(C[C@H]2CCCCN2CCn2cncn2)c1. The summed E-state index contributed by atoms with van der Waals surface area (Å²) in [4.78, 5) is 6.55. The average molecular weight is 260 g/mol. The molecule has 0 saturated carbocycles. The standard InChI is InChI=1S/C13H20N6/c1-2-6-17(8-9-19-12-14-11-16-19)13(4-1)10-18-7-3-5-15-18/h3,5,7,11-13H,1-2,4,6,8-10H2/t13-/m1/s1. The van der Waals surface area contributed by atoms with E-state index in [1.54, 1.807) is 12.7 Å². The molecule has 0 bridgehead atoms. The molecule has 0 spiro atoms. The van der Waals surface area contributed by atoms with Crippen molar-refractivity contribution in [1.29, 1.82) is 0 Å². The van der Waals surface area contributed by atoms with Gasteiger partial charge in [0.2, 0.25) is 0 Å². The van der Waals surface area contributed by atoms with Crippen LogP contribution in [0.5, 0.6) is 0 Å². The predicted octanol–water partition coefficient (Wildman–Crippen LogP) is 1.03. The molecule has 0 radical (unpaired) electrons. The molecule has 1 fully saturated rings. The van der Waals surface area contributed by atoms with E-state index in [4.69, 9.17) is 0 Å². The van der Waals surface area contributed by atoms with Gasteiger partial charge in [-0.1, -0.05) is 6.42 Å². The fraction of sp³-hybridized carbons (Fsp3) is 0.615. The number of aromatic nitrogens is 5. The van der Waals surface area contributed by atoms with E-state index in [1.807, 2.05) is 27.8 Å². The van der Waals surface area contributed by atoms with Crippen LogP contribution in [0.4, 0.5) is 0 Å². The molecule has 1 saturated heterocycles. The third-order valence-electron chi connectivity index (χ3n) is 3.79. The quantitative estimate of drug-likeness (QED) is 0.805. The highest BCUT2D eigenvalue weighted by Gasteiger charge is 2.22. The van der Waals surface area contributed by atoms with Gasteiger partial charge in [0.1, 0.15) is 12.7 Å². The first kappa shape index (κ1) is 12.3. The van der Waals surface area contributed by atoms with Crippen LogP contribution in [-0.2, 0) is 13.1 Å². The van der Waals surface area contributed by atoms with Gasteiger partial charge in [0.15, 0.2) is 0 Å². The van der Waals surface area contributed by atoms with E-state index in [9.17, 15) is 0 Å². The molecular formula is C13H20N6. The molecule has 6 heteroatoms. The number of hydrogen-bond acceptors (Lipinski definition) is 4. The number of piperidine rings is 1. The Bertz CT molecular complexity index is 463. The summed E-state index contributed by atoms with van der Waals surface area (Å²) < 4.78 is 3.94. The highest BCUT2D eigenvalue weighted by atomic mass is 15.3. The Morgan fingerprint density at radius 2 is 2.11 bits per heavy atom. The summed E-state index contributed by atoms with van der Waals surface area (Å²) in [5.41, 5.74) is 0. The lowest BCUT2D eigenvalue weighted by Crippen LogP contribution is -2.43. The van der Waals surface area contributed by atoms with Crippen molar-refractivity contribution in [2.24, 2.45) is 0 Å². The molecule has 0 amide bonds. The van der Waals surface area contributed by atoms with Crippen molar-refractivity contribution < 1.29 is 0 Å². The zero-order valence-electron chi connectivity index (χ0n) is 11.1. The van der Waals surface area contributed by atoms with Gasteiger partial charge in [0, 0.05) is 25.0 Å².